The van der Waals surface area contributed by atoms with E-state index in [0.717, 1.165) is 25.2 Å². The predicted octanol–water partition coefficient (Wildman–Crippen LogP) is 3.42. The number of hydrogen-bond acceptors (Lipinski definition) is 1. The standard InChI is InChI=1S/C15H19FN2/c1-3-8-18-11-12(10-17-2)9-15(18)13-6-4-5-7-14(13)16/h4-7,9,11,17H,3,8,10H2,1-2H3. The van der Waals surface area contributed by atoms with E-state index in [1.165, 1.54) is 11.6 Å². The lowest BCUT2D eigenvalue weighted by Crippen LogP contribution is -2.04. The normalized spacial score (nSPS) is 10.8. The number of aryl methyl sites for hydroxylation is 1. The number of hydrogen-bond donors (Lipinski definition) is 1. The molecule has 0 aliphatic heterocycles. The first kappa shape index (κ1) is 12.8. The lowest BCUT2D eigenvalue weighted by Gasteiger charge is -2.08. The number of halogens is 1. The molecule has 1 N–H and O–H groups in total. The van der Waals surface area contributed by atoms with Crippen molar-refractivity contribution in [2.45, 2.75) is 26.4 Å². The Labute approximate surface area is 107 Å². The van der Waals surface area contributed by atoms with Crippen molar-refractivity contribution in [2.24, 2.45) is 0 Å². The molecule has 1 aromatic carbocycles. The van der Waals surface area contributed by atoms with Crippen LogP contribution in [0.1, 0.15) is 18.9 Å². The van der Waals surface area contributed by atoms with Crippen molar-refractivity contribution in [2.75, 3.05) is 7.05 Å². The van der Waals surface area contributed by atoms with Crippen LogP contribution in [0.3, 0.4) is 0 Å². The Morgan fingerprint density at radius 2 is 2.06 bits per heavy atom. The topological polar surface area (TPSA) is 17.0 Å². The molecule has 0 aliphatic rings. The Balaban J connectivity index is 2.45. The van der Waals surface area contributed by atoms with Crippen molar-refractivity contribution in [3.63, 3.8) is 0 Å². The Kier molecular flexibility index (Phi) is 4.15. The van der Waals surface area contributed by atoms with E-state index in [4.69, 9.17) is 0 Å². The summed E-state index contributed by atoms with van der Waals surface area (Å²) in [6, 6.07) is 9.00. The highest BCUT2D eigenvalue weighted by atomic mass is 19.1. The number of nitrogens with one attached hydrogen (secondary N) is 1. The van der Waals surface area contributed by atoms with Crippen molar-refractivity contribution < 1.29 is 4.39 Å². The van der Waals surface area contributed by atoms with Crippen LogP contribution in [0.5, 0.6) is 0 Å². The minimum atomic E-state index is -0.163. The minimum absolute atomic E-state index is 0.163. The van der Waals surface area contributed by atoms with Crippen LogP contribution >= 0.6 is 0 Å². The van der Waals surface area contributed by atoms with Gasteiger partial charge in [-0.2, -0.15) is 0 Å². The van der Waals surface area contributed by atoms with E-state index < -0.39 is 0 Å². The zero-order valence-corrected chi connectivity index (χ0v) is 10.9. The summed E-state index contributed by atoms with van der Waals surface area (Å²) in [5.41, 5.74) is 2.82. The van der Waals surface area contributed by atoms with Gasteiger partial charge in [-0.1, -0.05) is 19.1 Å². The molecule has 96 valence electrons. The zero-order valence-electron chi connectivity index (χ0n) is 10.9. The maximum Gasteiger partial charge on any atom is 0.132 e. The lowest BCUT2D eigenvalue weighted by molar-refractivity contribution is 0.625. The van der Waals surface area contributed by atoms with Gasteiger partial charge in [-0.05, 0) is 37.2 Å². The van der Waals surface area contributed by atoms with Crippen molar-refractivity contribution >= 4 is 0 Å². The fraction of sp³-hybridized carbons (Fsp3) is 0.333. The Morgan fingerprint density at radius 3 is 2.72 bits per heavy atom. The molecule has 0 saturated carbocycles. The van der Waals surface area contributed by atoms with Gasteiger partial charge in [-0.25, -0.2) is 4.39 Å². The summed E-state index contributed by atoms with van der Waals surface area (Å²) in [5, 5.41) is 3.13. The SMILES string of the molecule is CCCn1cc(CNC)cc1-c1ccccc1F. The molecular formula is C15H19FN2. The first-order valence-corrected chi connectivity index (χ1v) is 6.34. The molecular weight excluding hydrogens is 227 g/mol. The van der Waals surface area contributed by atoms with Crippen LogP contribution in [0.2, 0.25) is 0 Å². The van der Waals surface area contributed by atoms with Crippen molar-refractivity contribution in [3.05, 3.63) is 47.9 Å². The summed E-state index contributed by atoms with van der Waals surface area (Å²) in [5.74, 6) is -0.163. The lowest BCUT2D eigenvalue weighted by atomic mass is 10.1. The molecule has 2 aromatic rings. The van der Waals surface area contributed by atoms with Crippen molar-refractivity contribution in [1.29, 1.82) is 0 Å². The Morgan fingerprint density at radius 1 is 1.28 bits per heavy atom. The van der Waals surface area contributed by atoms with E-state index >= 15 is 0 Å². The Bertz CT molecular complexity index is 517. The first-order valence-electron chi connectivity index (χ1n) is 6.34. The molecule has 0 amide bonds. The maximum absolute atomic E-state index is 13.9. The van der Waals surface area contributed by atoms with Gasteiger partial charge < -0.3 is 9.88 Å². The average Bonchev–Trinajstić information content (AvgIpc) is 2.74. The molecule has 0 saturated heterocycles. The van der Waals surface area contributed by atoms with E-state index in [2.05, 4.69) is 29.1 Å². The molecule has 3 heteroatoms. The molecule has 0 aliphatic carbocycles. The highest BCUT2D eigenvalue weighted by molar-refractivity contribution is 5.62. The molecule has 0 bridgehead atoms. The number of rotatable bonds is 5. The third-order valence-electron chi connectivity index (χ3n) is 2.95. The fourth-order valence-corrected chi connectivity index (χ4v) is 2.19. The van der Waals surface area contributed by atoms with Crippen LogP contribution in [0, 0.1) is 5.82 Å². The molecule has 2 nitrogen and oxygen atoms in total. The maximum atomic E-state index is 13.9. The molecule has 0 radical (unpaired) electrons. The average molecular weight is 246 g/mol. The summed E-state index contributed by atoms with van der Waals surface area (Å²) in [7, 11) is 1.92. The molecule has 0 atom stereocenters. The van der Waals surface area contributed by atoms with E-state index in [1.807, 2.05) is 19.2 Å². The van der Waals surface area contributed by atoms with Crippen molar-refractivity contribution in [3.8, 4) is 11.3 Å². The highest BCUT2D eigenvalue weighted by Crippen LogP contribution is 2.25. The monoisotopic (exact) mass is 246 g/mol. The first-order chi connectivity index (χ1) is 8.76. The molecule has 1 aromatic heterocycles. The largest absolute Gasteiger partial charge is 0.347 e. The van der Waals surface area contributed by atoms with Gasteiger partial charge in [-0.15, -0.1) is 0 Å². The number of nitrogens with zero attached hydrogens (tertiary/aromatic N) is 1. The van der Waals surface area contributed by atoms with Crippen molar-refractivity contribution in [1.82, 2.24) is 9.88 Å². The molecule has 0 unspecified atom stereocenters. The number of aromatic nitrogens is 1. The molecule has 18 heavy (non-hydrogen) atoms. The number of benzene rings is 1. The van der Waals surface area contributed by atoms with E-state index in [-0.39, 0.29) is 5.82 Å². The summed E-state index contributed by atoms with van der Waals surface area (Å²) in [4.78, 5) is 0. The third kappa shape index (κ3) is 2.62. The second-order valence-electron chi connectivity index (χ2n) is 4.44. The molecule has 2 rings (SSSR count). The summed E-state index contributed by atoms with van der Waals surface area (Å²) < 4.78 is 16.0. The molecule has 0 fully saturated rings. The van der Waals surface area contributed by atoms with Gasteiger partial charge in [0, 0.05) is 24.8 Å². The second kappa shape index (κ2) is 5.83. The van der Waals surface area contributed by atoms with E-state index in [1.54, 1.807) is 6.07 Å². The van der Waals surface area contributed by atoms with Gasteiger partial charge in [0.05, 0.1) is 5.69 Å². The Hall–Kier alpha value is -1.61. The summed E-state index contributed by atoms with van der Waals surface area (Å²) in [6.45, 7) is 3.84. The van der Waals surface area contributed by atoms with Gasteiger partial charge in [0.25, 0.3) is 0 Å². The van der Waals surface area contributed by atoms with Crippen LogP contribution in [0.15, 0.2) is 36.5 Å². The van der Waals surface area contributed by atoms with Gasteiger partial charge in [0.2, 0.25) is 0 Å². The van der Waals surface area contributed by atoms with Crippen LogP contribution in [-0.2, 0) is 13.1 Å². The van der Waals surface area contributed by atoms with Gasteiger partial charge in [-0.3, -0.25) is 0 Å². The summed E-state index contributed by atoms with van der Waals surface area (Å²) >= 11 is 0. The van der Waals surface area contributed by atoms with Crippen LogP contribution in [-0.4, -0.2) is 11.6 Å². The van der Waals surface area contributed by atoms with Crippen LogP contribution in [0.25, 0.3) is 11.3 Å². The van der Waals surface area contributed by atoms with E-state index in [9.17, 15) is 4.39 Å². The second-order valence-corrected chi connectivity index (χ2v) is 4.44. The van der Waals surface area contributed by atoms with Crippen LogP contribution < -0.4 is 5.32 Å². The fourth-order valence-electron chi connectivity index (χ4n) is 2.19. The predicted molar refractivity (Wildman–Crippen MR) is 72.9 cm³/mol. The zero-order chi connectivity index (χ0) is 13.0. The smallest absolute Gasteiger partial charge is 0.132 e. The van der Waals surface area contributed by atoms with Gasteiger partial charge >= 0.3 is 0 Å². The van der Waals surface area contributed by atoms with Gasteiger partial charge in [0.15, 0.2) is 0 Å². The quantitative estimate of drug-likeness (QED) is 0.855. The highest BCUT2D eigenvalue weighted by Gasteiger charge is 2.10. The minimum Gasteiger partial charge on any atom is -0.347 e. The molecule has 1 heterocycles. The summed E-state index contributed by atoms with van der Waals surface area (Å²) in [6.07, 6.45) is 3.14. The molecule has 0 spiro atoms. The third-order valence-corrected chi connectivity index (χ3v) is 2.95. The van der Waals surface area contributed by atoms with Gasteiger partial charge in [0.1, 0.15) is 5.82 Å². The van der Waals surface area contributed by atoms with E-state index in [0.29, 0.717) is 5.56 Å². The van der Waals surface area contributed by atoms with Crippen LogP contribution in [0.4, 0.5) is 4.39 Å².